The summed E-state index contributed by atoms with van der Waals surface area (Å²) in [6, 6.07) is 9.71. The van der Waals surface area contributed by atoms with Gasteiger partial charge in [0.05, 0.1) is 10.7 Å². The Balaban J connectivity index is 1.63. The van der Waals surface area contributed by atoms with E-state index < -0.39 is 6.10 Å². The van der Waals surface area contributed by atoms with E-state index in [-0.39, 0.29) is 18.4 Å². The van der Waals surface area contributed by atoms with E-state index >= 15 is 0 Å². The Hall–Kier alpha value is -2.44. The molecule has 0 aliphatic carbocycles. The lowest BCUT2D eigenvalue weighted by molar-refractivity contribution is -0.122. The minimum Gasteiger partial charge on any atom is -0.482 e. The summed E-state index contributed by atoms with van der Waals surface area (Å²) in [6.45, 7) is 1.42. The molecule has 2 aromatic carbocycles. The van der Waals surface area contributed by atoms with Gasteiger partial charge in [-0.1, -0.05) is 23.2 Å². The first-order chi connectivity index (χ1) is 11.9. The number of anilines is 2. The minimum absolute atomic E-state index is 0.239. The summed E-state index contributed by atoms with van der Waals surface area (Å²) in [6.07, 6.45) is -0.552. The normalized spacial score (nSPS) is 15.6. The van der Waals surface area contributed by atoms with Gasteiger partial charge in [0.15, 0.2) is 12.7 Å². The first-order valence-electron chi connectivity index (χ1n) is 7.41. The van der Waals surface area contributed by atoms with Crippen LogP contribution in [0.15, 0.2) is 36.4 Å². The Morgan fingerprint density at radius 2 is 2.08 bits per heavy atom. The van der Waals surface area contributed by atoms with Crippen LogP contribution >= 0.6 is 23.2 Å². The van der Waals surface area contributed by atoms with Gasteiger partial charge in [0.25, 0.3) is 11.8 Å². The van der Waals surface area contributed by atoms with Gasteiger partial charge in [-0.15, -0.1) is 0 Å². The zero-order valence-electron chi connectivity index (χ0n) is 13.1. The van der Waals surface area contributed by atoms with Gasteiger partial charge in [0.1, 0.15) is 11.5 Å². The fourth-order valence-electron chi connectivity index (χ4n) is 2.21. The number of benzene rings is 2. The van der Waals surface area contributed by atoms with Crippen LogP contribution < -0.4 is 20.1 Å². The molecule has 2 aromatic rings. The van der Waals surface area contributed by atoms with E-state index in [1.807, 2.05) is 0 Å². The van der Waals surface area contributed by atoms with Crippen LogP contribution in [-0.2, 0) is 9.59 Å². The predicted molar refractivity (Wildman–Crippen MR) is 95.7 cm³/mol. The van der Waals surface area contributed by atoms with Gasteiger partial charge in [-0.05, 0) is 37.3 Å². The number of rotatable bonds is 4. The van der Waals surface area contributed by atoms with Gasteiger partial charge in [-0.25, -0.2) is 0 Å². The Kier molecular flexibility index (Phi) is 5.01. The van der Waals surface area contributed by atoms with E-state index in [1.165, 1.54) is 6.07 Å². The zero-order chi connectivity index (χ0) is 18.0. The van der Waals surface area contributed by atoms with Gasteiger partial charge >= 0.3 is 0 Å². The van der Waals surface area contributed by atoms with E-state index in [2.05, 4.69) is 10.6 Å². The third-order valence-electron chi connectivity index (χ3n) is 3.45. The summed E-state index contributed by atoms with van der Waals surface area (Å²) in [5, 5.41) is 6.21. The van der Waals surface area contributed by atoms with Gasteiger partial charge in [0, 0.05) is 16.8 Å². The van der Waals surface area contributed by atoms with Crippen molar-refractivity contribution in [2.45, 2.75) is 13.0 Å². The molecule has 8 heteroatoms. The summed E-state index contributed by atoms with van der Waals surface area (Å²) in [7, 11) is 0. The zero-order valence-corrected chi connectivity index (χ0v) is 14.6. The molecule has 3 rings (SSSR count). The first-order valence-corrected chi connectivity index (χ1v) is 8.17. The van der Waals surface area contributed by atoms with Crippen molar-refractivity contribution in [2.75, 3.05) is 17.2 Å². The number of halogens is 2. The summed E-state index contributed by atoms with van der Waals surface area (Å²) in [4.78, 5) is 23.7. The van der Waals surface area contributed by atoms with Crippen molar-refractivity contribution >= 4 is 46.4 Å². The molecule has 1 atom stereocenters. The van der Waals surface area contributed by atoms with Crippen LogP contribution in [0.3, 0.4) is 0 Å². The molecule has 2 N–H and O–H groups in total. The third kappa shape index (κ3) is 4.15. The number of ether oxygens (including phenoxy) is 2. The number of hydrogen-bond donors (Lipinski definition) is 2. The minimum atomic E-state index is -0.552. The molecule has 1 heterocycles. The highest BCUT2D eigenvalue weighted by molar-refractivity contribution is 6.34. The molecule has 1 aliphatic heterocycles. The van der Waals surface area contributed by atoms with Crippen LogP contribution in [0, 0.1) is 0 Å². The molecule has 0 aromatic heterocycles. The quantitative estimate of drug-likeness (QED) is 0.846. The van der Waals surface area contributed by atoms with Crippen molar-refractivity contribution in [3.8, 4) is 11.5 Å². The predicted octanol–water partition coefficient (Wildman–Crippen LogP) is 3.73. The lowest BCUT2D eigenvalue weighted by Crippen LogP contribution is -2.34. The van der Waals surface area contributed by atoms with Crippen molar-refractivity contribution in [3.05, 3.63) is 46.4 Å². The largest absolute Gasteiger partial charge is 0.482 e. The highest BCUT2D eigenvalue weighted by Crippen LogP contribution is 2.32. The Morgan fingerprint density at radius 3 is 2.88 bits per heavy atom. The Labute approximate surface area is 154 Å². The van der Waals surface area contributed by atoms with E-state index in [0.29, 0.717) is 32.9 Å². The molecule has 0 fully saturated rings. The molecule has 1 aliphatic rings. The third-order valence-corrected chi connectivity index (χ3v) is 3.99. The standard InChI is InChI=1S/C17H14Cl2N2O4/c1-9-17(23)21-13-7-11(3-5-14(13)25-9)20-16(22)8-24-15-6-10(18)2-4-12(15)19/h2-7,9H,8H2,1H3,(H,20,22)(H,21,23). The van der Waals surface area contributed by atoms with E-state index in [4.69, 9.17) is 32.7 Å². The van der Waals surface area contributed by atoms with Crippen molar-refractivity contribution in [3.63, 3.8) is 0 Å². The number of carbonyl (C=O) groups is 2. The van der Waals surface area contributed by atoms with E-state index in [0.717, 1.165) is 0 Å². The number of carbonyl (C=O) groups excluding carboxylic acids is 2. The average Bonchev–Trinajstić information content (AvgIpc) is 2.57. The van der Waals surface area contributed by atoms with Gasteiger partial charge in [-0.3, -0.25) is 9.59 Å². The smallest absolute Gasteiger partial charge is 0.265 e. The Morgan fingerprint density at radius 1 is 1.28 bits per heavy atom. The fraction of sp³-hybridized carbons (Fsp3) is 0.176. The highest BCUT2D eigenvalue weighted by Gasteiger charge is 2.23. The summed E-state index contributed by atoms with van der Waals surface area (Å²) in [5.74, 6) is 0.249. The first kappa shape index (κ1) is 17.4. The van der Waals surface area contributed by atoms with Gasteiger partial charge in [-0.2, -0.15) is 0 Å². The van der Waals surface area contributed by atoms with Crippen LogP contribution in [0.25, 0.3) is 0 Å². The number of amides is 2. The molecule has 25 heavy (non-hydrogen) atoms. The molecule has 1 unspecified atom stereocenters. The maximum absolute atomic E-state index is 12.0. The summed E-state index contributed by atoms with van der Waals surface area (Å²) >= 11 is 11.8. The molecule has 6 nitrogen and oxygen atoms in total. The van der Waals surface area contributed by atoms with Crippen LogP contribution in [0.4, 0.5) is 11.4 Å². The maximum atomic E-state index is 12.0. The average molecular weight is 381 g/mol. The molecular weight excluding hydrogens is 367 g/mol. The van der Waals surface area contributed by atoms with Crippen LogP contribution in [0.2, 0.25) is 10.0 Å². The van der Waals surface area contributed by atoms with E-state index in [9.17, 15) is 9.59 Å². The maximum Gasteiger partial charge on any atom is 0.265 e. The van der Waals surface area contributed by atoms with Gasteiger partial charge in [0.2, 0.25) is 0 Å². The summed E-state index contributed by atoms with van der Waals surface area (Å²) in [5.41, 5.74) is 1.00. The monoisotopic (exact) mass is 380 g/mol. The van der Waals surface area contributed by atoms with Crippen molar-refractivity contribution in [1.82, 2.24) is 0 Å². The lowest BCUT2D eigenvalue weighted by Gasteiger charge is -2.23. The van der Waals surface area contributed by atoms with Crippen LogP contribution in [0.5, 0.6) is 11.5 Å². The lowest BCUT2D eigenvalue weighted by atomic mass is 10.2. The molecule has 0 saturated carbocycles. The second-order valence-electron chi connectivity index (χ2n) is 5.37. The molecular formula is C17H14Cl2N2O4. The van der Waals surface area contributed by atoms with Gasteiger partial charge < -0.3 is 20.1 Å². The second-order valence-corrected chi connectivity index (χ2v) is 6.22. The number of nitrogens with one attached hydrogen (secondary N) is 2. The fourth-order valence-corrected chi connectivity index (χ4v) is 2.55. The summed E-state index contributed by atoms with van der Waals surface area (Å²) < 4.78 is 10.8. The topological polar surface area (TPSA) is 76.7 Å². The molecule has 130 valence electrons. The SMILES string of the molecule is CC1Oc2ccc(NC(=O)COc3cc(Cl)ccc3Cl)cc2NC1=O. The van der Waals surface area contributed by atoms with Crippen molar-refractivity contribution in [2.24, 2.45) is 0 Å². The Bertz CT molecular complexity index is 841. The molecule has 0 saturated heterocycles. The van der Waals surface area contributed by atoms with Crippen molar-refractivity contribution < 1.29 is 19.1 Å². The molecule has 2 amide bonds. The van der Waals surface area contributed by atoms with Crippen LogP contribution in [0.1, 0.15) is 6.92 Å². The second kappa shape index (κ2) is 7.21. The molecule has 0 bridgehead atoms. The van der Waals surface area contributed by atoms with E-state index in [1.54, 1.807) is 37.3 Å². The number of hydrogen-bond acceptors (Lipinski definition) is 4. The van der Waals surface area contributed by atoms with Crippen molar-refractivity contribution in [1.29, 1.82) is 0 Å². The number of fused-ring (bicyclic) bond motifs is 1. The highest BCUT2D eigenvalue weighted by atomic mass is 35.5. The van der Waals surface area contributed by atoms with Crippen LogP contribution in [-0.4, -0.2) is 24.5 Å². The molecule has 0 spiro atoms. The molecule has 0 radical (unpaired) electrons.